The summed E-state index contributed by atoms with van der Waals surface area (Å²) in [7, 11) is 1.87. The first-order valence-electron chi connectivity index (χ1n) is 9.07. The number of nitrogens with zero attached hydrogens (tertiary/aromatic N) is 4. The SMILES string of the molecule is CCC1CN(C(=NC)NCc2ccc(N3CCCC3)nc2)CCS1.I. The molecule has 2 aliphatic rings. The average molecular weight is 475 g/mol. The van der Waals surface area contributed by atoms with Crippen LogP contribution < -0.4 is 10.2 Å². The second-order valence-corrected chi connectivity index (χ2v) is 7.87. The van der Waals surface area contributed by atoms with Gasteiger partial charge < -0.3 is 15.1 Å². The number of nitrogens with one attached hydrogen (secondary N) is 1. The Labute approximate surface area is 173 Å². The van der Waals surface area contributed by atoms with E-state index >= 15 is 0 Å². The van der Waals surface area contributed by atoms with Crippen LogP contribution in [-0.2, 0) is 6.54 Å². The highest BCUT2D eigenvalue weighted by molar-refractivity contribution is 14.0. The van der Waals surface area contributed by atoms with Crippen LogP contribution in [0.5, 0.6) is 0 Å². The van der Waals surface area contributed by atoms with Gasteiger partial charge >= 0.3 is 0 Å². The quantitative estimate of drug-likeness (QED) is 0.412. The van der Waals surface area contributed by atoms with Crippen LogP contribution in [0.25, 0.3) is 0 Å². The molecule has 1 aromatic rings. The second-order valence-electron chi connectivity index (χ2n) is 6.47. The van der Waals surface area contributed by atoms with Crippen molar-refractivity contribution >= 4 is 47.5 Å². The molecule has 0 saturated carbocycles. The summed E-state index contributed by atoms with van der Waals surface area (Å²) in [4.78, 5) is 13.9. The van der Waals surface area contributed by atoms with Gasteiger partial charge in [0.2, 0.25) is 0 Å². The molecule has 5 nitrogen and oxygen atoms in total. The molecule has 1 aromatic heterocycles. The Balaban J connectivity index is 0.00000225. The fourth-order valence-electron chi connectivity index (χ4n) is 3.33. The van der Waals surface area contributed by atoms with E-state index in [1.54, 1.807) is 0 Å². The minimum atomic E-state index is 0. The van der Waals surface area contributed by atoms with Crippen molar-refractivity contribution in [2.45, 2.75) is 38.0 Å². The van der Waals surface area contributed by atoms with Crippen LogP contribution in [0.1, 0.15) is 31.7 Å². The van der Waals surface area contributed by atoms with E-state index in [2.05, 4.69) is 55.9 Å². The molecule has 3 heterocycles. The molecule has 2 fully saturated rings. The number of thioether (sulfide) groups is 1. The van der Waals surface area contributed by atoms with E-state index in [1.165, 1.54) is 30.6 Å². The van der Waals surface area contributed by atoms with Crippen molar-refractivity contribution in [1.82, 2.24) is 15.2 Å². The number of hydrogen-bond donors (Lipinski definition) is 1. The number of rotatable bonds is 4. The Morgan fingerprint density at radius 2 is 2.12 bits per heavy atom. The summed E-state index contributed by atoms with van der Waals surface area (Å²) in [5.74, 6) is 3.31. The normalized spacial score (nSPS) is 21.2. The zero-order valence-corrected chi connectivity index (χ0v) is 18.4. The van der Waals surface area contributed by atoms with Gasteiger partial charge in [-0.1, -0.05) is 13.0 Å². The fourth-order valence-corrected chi connectivity index (χ4v) is 4.51. The monoisotopic (exact) mass is 475 g/mol. The van der Waals surface area contributed by atoms with Crippen molar-refractivity contribution in [3.05, 3.63) is 23.9 Å². The third-order valence-electron chi connectivity index (χ3n) is 4.80. The molecule has 0 spiro atoms. The molecule has 0 aromatic carbocycles. The number of hydrogen-bond acceptors (Lipinski definition) is 4. The summed E-state index contributed by atoms with van der Waals surface area (Å²) in [5, 5.41) is 4.22. The van der Waals surface area contributed by atoms with Crippen molar-refractivity contribution in [1.29, 1.82) is 0 Å². The van der Waals surface area contributed by atoms with E-state index < -0.39 is 0 Å². The summed E-state index contributed by atoms with van der Waals surface area (Å²) >= 11 is 2.08. The number of aromatic nitrogens is 1. The highest BCUT2D eigenvalue weighted by Crippen LogP contribution is 2.21. The molecule has 0 aliphatic carbocycles. The summed E-state index contributed by atoms with van der Waals surface area (Å²) in [5.41, 5.74) is 1.21. The number of aliphatic imine (C=N–C) groups is 1. The van der Waals surface area contributed by atoms with Gasteiger partial charge in [0.1, 0.15) is 5.82 Å². The topological polar surface area (TPSA) is 43.8 Å². The Morgan fingerprint density at radius 1 is 1.32 bits per heavy atom. The third-order valence-corrected chi connectivity index (χ3v) is 6.17. The third kappa shape index (κ3) is 5.64. The van der Waals surface area contributed by atoms with Crippen LogP contribution in [0.15, 0.2) is 23.3 Å². The van der Waals surface area contributed by atoms with Crippen LogP contribution in [0, 0.1) is 0 Å². The van der Waals surface area contributed by atoms with E-state index in [9.17, 15) is 0 Å². The number of anilines is 1. The Morgan fingerprint density at radius 3 is 2.76 bits per heavy atom. The van der Waals surface area contributed by atoms with Gasteiger partial charge in [-0.2, -0.15) is 11.8 Å². The molecule has 7 heteroatoms. The highest BCUT2D eigenvalue weighted by Gasteiger charge is 2.21. The van der Waals surface area contributed by atoms with Gasteiger partial charge in [0.05, 0.1) is 0 Å². The fraction of sp³-hybridized carbons (Fsp3) is 0.667. The highest BCUT2D eigenvalue weighted by atomic mass is 127. The van der Waals surface area contributed by atoms with Gasteiger partial charge in [-0.05, 0) is 30.9 Å². The molecular weight excluding hydrogens is 445 g/mol. The standard InChI is InChI=1S/C18H29N5S.HI/c1-3-16-14-23(10-11-24-16)18(19-2)21-13-15-6-7-17(20-12-15)22-8-4-5-9-22;/h6-7,12,16H,3-5,8-11,13-14H2,1-2H3,(H,19,21);1H. The molecule has 1 unspecified atom stereocenters. The van der Waals surface area contributed by atoms with Crippen molar-refractivity contribution in [3.8, 4) is 0 Å². The Hall–Kier alpha value is -0.700. The molecule has 3 rings (SSSR count). The van der Waals surface area contributed by atoms with Crippen LogP contribution in [0.3, 0.4) is 0 Å². The molecule has 2 aliphatic heterocycles. The van der Waals surface area contributed by atoms with E-state index in [-0.39, 0.29) is 24.0 Å². The first-order chi connectivity index (χ1) is 11.8. The van der Waals surface area contributed by atoms with E-state index in [1.807, 2.05) is 13.2 Å². The molecular formula is C18H30IN5S. The minimum absolute atomic E-state index is 0. The summed E-state index contributed by atoms with van der Waals surface area (Å²) in [6, 6.07) is 4.33. The Bertz CT molecular complexity index is 545. The van der Waals surface area contributed by atoms with Gasteiger partial charge in [-0.3, -0.25) is 4.99 Å². The van der Waals surface area contributed by atoms with Gasteiger partial charge in [-0.25, -0.2) is 4.98 Å². The lowest BCUT2D eigenvalue weighted by atomic mass is 10.2. The molecule has 0 amide bonds. The first kappa shape index (κ1) is 20.6. The van der Waals surface area contributed by atoms with Crippen molar-refractivity contribution in [2.75, 3.05) is 43.9 Å². The van der Waals surface area contributed by atoms with Gasteiger partial charge in [0.25, 0.3) is 0 Å². The molecule has 1 N–H and O–H groups in total. The minimum Gasteiger partial charge on any atom is -0.357 e. The van der Waals surface area contributed by atoms with Gasteiger partial charge in [-0.15, -0.1) is 24.0 Å². The van der Waals surface area contributed by atoms with Crippen molar-refractivity contribution < 1.29 is 0 Å². The zero-order chi connectivity index (χ0) is 16.8. The van der Waals surface area contributed by atoms with Crippen molar-refractivity contribution in [3.63, 3.8) is 0 Å². The molecule has 25 heavy (non-hydrogen) atoms. The van der Waals surface area contributed by atoms with Crippen LogP contribution in [0.4, 0.5) is 5.82 Å². The predicted octanol–water partition coefficient (Wildman–Crippen LogP) is 3.20. The van der Waals surface area contributed by atoms with Crippen LogP contribution in [0.2, 0.25) is 0 Å². The van der Waals surface area contributed by atoms with Gasteiger partial charge in [0.15, 0.2) is 5.96 Å². The number of guanidine groups is 1. The molecule has 0 bridgehead atoms. The smallest absolute Gasteiger partial charge is 0.193 e. The molecule has 0 radical (unpaired) electrons. The van der Waals surface area contributed by atoms with Crippen LogP contribution in [-0.4, -0.2) is 60.1 Å². The maximum Gasteiger partial charge on any atom is 0.193 e. The van der Waals surface area contributed by atoms with E-state index in [0.717, 1.165) is 49.8 Å². The van der Waals surface area contributed by atoms with Gasteiger partial charge in [0, 0.05) is 57.0 Å². The van der Waals surface area contributed by atoms with Crippen molar-refractivity contribution in [2.24, 2.45) is 4.99 Å². The predicted molar refractivity (Wildman–Crippen MR) is 119 cm³/mol. The number of pyridine rings is 1. The first-order valence-corrected chi connectivity index (χ1v) is 10.1. The molecule has 1 atom stereocenters. The lowest BCUT2D eigenvalue weighted by Gasteiger charge is -2.34. The lowest BCUT2D eigenvalue weighted by Crippen LogP contribution is -2.47. The average Bonchev–Trinajstić information content (AvgIpc) is 3.18. The van der Waals surface area contributed by atoms with E-state index in [0.29, 0.717) is 0 Å². The molecule has 2 saturated heterocycles. The largest absolute Gasteiger partial charge is 0.357 e. The zero-order valence-electron chi connectivity index (χ0n) is 15.3. The van der Waals surface area contributed by atoms with Crippen LogP contribution >= 0.6 is 35.7 Å². The summed E-state index contributed by atoms with van der Waals surface area (Å²) in [6.45, 7) is 7.50. The number of halogens is 1. The summed E-state index contributed by atoms with van der Waals surface area (Å²) in [6.07, 6.45) is 5.79. The maximum absolute atomic E-state index is 4.63. The Kier molecular flexibility index (Phi) is 8.61. The maximum atomic E-state index is 4.63. The molecule has 140 valence electrons. The summed E-state index contributed by atoms with van der Waals surface area (Å²) < 4.78 is 0. The van der Waals surface area contributed by atoms with E-state index in [4.69, 9.17) is 0 Å². The lowest BCUT2D eigenvalue weighted by molar-refractivity contribution is 0.408. The second kappa shape index (κ2) is 10.4.